The maximum absolute atomic E-state index is 12.7. The van der Waals surface area contributed by atoms with E-state index in [0.29, 0.717) is 6.54 Å². The van der Waals surface area contributed by atoms with Gasteiger partial charge in [-0.2, -0.15) is 0 Å². The number of benzene rings is 1. The minimum Gasteiger partial charge on any atom is -0.497 e. The number of amides is 1. The molecule has 0 aliphatic carbocycles. The first-order valence-corrected chi connectivity index (χ1v) is 11.3. The Morgan fingerprint density at radius 3 is 2.91 bits per heavy atom. The van der Waals surface area contributed by atoms with Gasteiger partial charge < -0.3 is 24.5 Å². The molecule has 1 fully saturated rings. The summed E-state index contributed by atoms with van der Waals surface area (Å²) >= 11 is 0. The van der Waals surface area contributed by atoms with Crippen molar-refractivity contribution in [3.05, 3.63) is 48.8 Å². The molecule has 0 unspecified atom stereocenters. The van der Waals surface area contributed by atoms with Gasteiger partial charge in [0.05, 0.1) is 7.11 Å². The van der Waals surface area contributed by atoms with Gasteiger partial charge in [-0.05, 0) is 75.3 Å². The summed E-state index contributed by atoms with van der Waals surface area (Å²) < 4.78 is 7.47. The molecule has 7 nitrogen and oxygen atoms in total. The first-order valence-electron chi connectivity index (χ1n) is 11.3. The van der Waals surface area contributed by atoms with E-state index in [-0.39, 0.29) is 12.5 Å². The van der Waals surface area contributed by atoms with E-state index >= 15 is 0 Å². The highest BCUT2D eigenvalue weighted by Gasteiger charge is 2.16. The lowest BCUT2D eigenvalue weighted by Crippen LogP contribution is -2.30. The van der Waals surface area contributed by atoms with Gasteiger partial charge in [0.1, 0.15) is 17.9 Å². The van der Waals surface area contributed by atoms with Gasteiger partial charge in [0, 0.05) is 46.5 Å². The van der Waals surface area contributed by atoms with Crippen LogP contribution in [0.3, 0.4) is 0 Å². The van der Waals surface area contributed by atoms with Crippen LogP contribution in [-0.2, 0) is 11.3 Å². The van der Waals surface area contributed by atoms with Crippen LogP contribution in [0.15, 0.2) is 48.8 Å². The SMILES string of the molecule is COc1ccc2c(c1)c(-c1cc3cccnc3[nH]1)cn2CC(=O)NCCCN1CCCC1. The number of likely N-dealkylation sites (tertiary alicyclic amines) is 1. The average molecular weight is 432 g/mol. The molecule has 3 aromatic heterocycles. The summed E-state index contributed by atoms with van der Waals surface area (Å²) in [6, 6.07) is 12.0. The maximum Gasteiger partial charge on any atom is 0.239 e. The van der Waals surface area contributed by atoms with Crippen molar-refractivity contribution in [2.45, 2.75) is 25.8 Å². The summed E-state index contributed by atoms with van der Waals surface area (Å²) in [5.74, 6) is 0.820. The van der Waals surface area contributed by atoms with Crippen LogP contribution < -0.4 is 10.1 Å². The number of ether oxygens (including phenoxy) is 1. The second-order valence-corrected chi connectivity index (χ2v) is 8.43. The van der Waals surface area contributed by atoms with Crippen LogP contribution in [0.5, 0.6) is 5.75 Å². The van der Waals surface area contributed by atoms with Crippen molar-refractivity contribution in [1.29, 1.82) is 0 Å². The van der Waals surface area contributed by atoms with E-state index in [1.54, 1.807) is 13.3 Å². The molecular weight excluding hydrogens is 402 g/mol. The molecule has 0 bridgehead atoms. The second kappa shape index (κ2) is 9.04. The summed E-state index contributed by atoms with van der Waals surface area (Å²) in [5.41, 5.74) is 3.85. The number of aromatic amines is 1. The minimum absolute atomic E-state index is 0.0315. The van der Waals surface area contributed by atoms with Crippen molar-refractivity contribution in [1.82, 2.24) is 24.8 Å². The van der Waals surface area contributed by atoms with Crippen LogP contribution in [0.25, 0.3) is 33.2 Å². The molecule has 1 aromatic carbocycles. The number of nitrogens with zero attached hydrogens (tertiary/aromatic N) is 3. The van der Waals surface area contributed by atoms with Gasteiger partial charge in [-0.15, -0.1) is 0 Å². The van der Waals surface area contributed by atoms with Crippen LogP contribution in [0, 0.1) is 0 Å². The van der Waals surface area contributed by atoms with Gasteiger partial charge in [0.15, 0.2) is 0 Å². The number of hydrogen-bond acceptors (Lipinski definition) is 4. The van der Waals surface area contributed by atoms with E-state index in [4.69, 9.17) is 4.74 Å². The smallest absolute Gasteiger partial charge is 0.239 e. The molecular formula is C25H29N5O2. The number of hydrogen-bond donors (Lipinski definition) is 2. The number of nitrogens with one attached hydrogen (secondary N) is 2. The largest absolute Gasteiger partial charge is 0.497 e. The molecule has 0 spiro atoms. The summed E-state index contributed by atoms with van der Waals surface area (Å²) in [5, 5.41) is 5.18. The van der Waals surface area contributed by atoms with Gasteiger partial charge in [0.25, 0.3) is 0 Å². The van der Waals surface area contributed by atoms with Crippen molar-refractivity contribution in [3.8, 4) is 17.0 Å². The molecule has 4 aromatic rings. The van der Waals surface area contributed by atoms with E-state index in [2.05, 4.69) is 26.3 Å². The van der Waals surface area contributed by atoms with Gasteiger partial charge in [-0.25, -0.2) is 4.98 Å². The highest BCUT2D eigenvalue weighted by molar-refractivity contribution is 5.99. The fourth-order valence-electron chi connectivity index (χ4n) is 4.60. The molecule has 7 heteroatoms. The molecule has 1 aliphatic rings. The first kappa shape index (κ1) is 20.6. The Balaban J connectivity index is 1.36. The van der Waals surface area contributed by atoms with Crippen LogP contribution in [0.1, 0.15) is 19.3 Å². The second-order valence-electron chi connectivity index (χ2n) is 8.43. The highest BCUT2D eigenvalue weighted by atomic mass is 16.5. The summed E-state index contributed by atoms with van der Waals surface area (Å²) in [6.07, 6.45) is 7.41. The number of pyridine rings is 1. The molecule has 1 saturated heterocycles. The Morgan fingerprint density at radius 2 is 2.09 bits per heavy atom. The quantitative estimate of drug-likeness (QED) is 0.416. The van der Waals surface area contributed by atoms with Crippen LogP contribution in [0.2, 0.25) is 0 Å². The van der Waals surface area contributed by atoms with Crippen LogP contribution in [0.4, 0.5) is 0 Å². The van der Waals surface area contributed by atoms with Crippen molar-refractivity contribution < 1.29 is 9.53 Å². The zero-order chi connectivity index (χ0) is 21.9. The van der Waals surface area contributed by atoms with Crippen LogP contribution >= 0.6 is 0 Å². The highest BCUT2D eigenvalue weighted by Crippen LogP contribution is 2.34. The topological polar surface area (TPSA) is 75.2 Å². The zero-order valence-corrected chi connectivity index (χ0v) is 18.4. The van der Waals surface area contributed by atoms with E-state index in [1.807, 2.05) is 41.1 Å². The molecule has 166 valence electrons. The Bertz CT molecular complexity index is 1200. The van der Waals surface area contributed by atoms with Crippen molar-refractivity contribution in [3.63, 3.8) is 0 Å². The lowest BCUT2D eigenvalue weighted by atomic mass is 10.1. The molecule has 1 amide bonds. The normalized spacial score (nSPS) is 14.4. The Hall–Kier alpha value is -3.32. The summed E-state index contributed by atoms with van der Waals surface area (Å²) in [4.78, 5) is 23.0. The number of fused-ring (bicyclic) bond motifs is 2. The number of carbonyl (C=O) groups excluding carboxylic acids is 1. The third-order valence-corrected chi connectivity index (χ3v) is 6.26. The van der Waals surface area contributed by atoms with Gasteiger partial charge in [-0.3, -0.25) is 4.79 Å². The number of aromatic nitrogens is 3. The maximum atomic E-state index is 12.7. The van der Waals surface area contributed by atoms with E-state index in [1.165, 1.54) is 25.9 Å². The fourth-order valence-corrected chi connectivity index (χ4v) is 4.60. The van der Waals surface area contributed by atoms with Gasteiger partial charge in [-0.1, -0.05) is 0 Å². The molecule has 32 heavy (non-hydrogen) atoms. The molecule has 2 N–H and O–H groups in total. The molecule has 1 aliphatic heterocycles. The molecule has 5 rings (SSSR count). The monoisotopic (exact) mass is 431 g/mol. The summed E-state index contributed by atoms with van der Waals surface area (Å²) in [6.45, 7) is 4.44. The zero-order valence-electron chi connectivity index (χ0n) is 18.4. The van der Waals surface area contributed by atoms with Gasteiger partial charge in [0.2, 0.25) is 5.91 Å². The van der Waals surface area contributed by atoms with E-state index < -0.39 is 0 Å². The molecule has 0 atom stereocenters. The molecule has 4 heterocycles. The third kappa shape index (κ3) is 4.21. The number of carbonyl (C=O) groups is 1. The lowest BCUT2D eigenvalue weighted by Gasteiger charge is -2.14. The minimum atomic E-state index is 0.0315. The van der Waals surface area contributed by atoms with Crippen molar-refractivity contribution in [2.75, 3.05) is 33.3 Å². The lowest BCUT2D eigenvalue weighted by molar-refractivity contribution is -0.121. The average Bonchev–Trinajstić information content (AvgIpc) is 3.55. The number of methoxy groups -OCH3 is 1. The Kier molecular flexibility index (Phi) is 5.81. The third-order valence-electron chi connectivity index (χ3n) is 6.26. The molecule has 0 radical (unpaired) electrons. The molecule has 0 saturated carbocycles. The van der Waals surface area contributed by atoms with Crippen molar-refractivity contribution in [2.24, 2.45) is 0 Å². The Labute approximate surface area is 187 Å². The standard InChI is InChI=1S/C25H29N5O2/c1-32-19-7-8-23-20(15-19)21(22-14-18-6-4-9-27-25(18)28-22)16-30(23)17-24(31)26-10-5-13-29-11-2-3-12-29/h4,6-9,14-16H,2-3,5,10-13,17H2,1H3,(H,26,31)(H,27,28). The first-order chi connectivity index (χ1) is 15.7. The fraction of sp³-hybridized carbons (Fsp3) is 0.360. The Morgan fingerprint density at radius 1 is 1.22 bits per heavy atom. The predicted octanol–water partition coefficient (Wildman–Crippen LogP) is 3.80. The van der Waals surface area contributed by atoms with E-state index in [0.717, 1.165) is 51.9 Å². The van der Waals surface area contributed by atoms with Crippen molar-refractivity contribution >= 4 is 27.8 Å². The summed E-state index contributed by atoms with van der Waals surface area (Å²) in [7, 11) is 1.67. The predicted molar refractivity (Wildman–Crippen MR) is 127 cm³/mol. The van der Waals surface area contributed by atoms with Crippen LogP contribution in [-0.4, -0.2) is 58.6 Å². The van der Waals surface area contributed by atoms with Gasteiger partial charge >= 0.3 is 0 Å². The number of H-pyrrole nitrogens is 1. The van der Waals surface area contributed by atoms with E-state index in [9.17, 15) is 4.79 Å². The number of rotatable bonds is 8.